The molecule has 0 spiro atoms. The molecule has 0 saturated carbocycles. The van der Waals surface area contributed by atoms with E-state index in [0.717, 1.165) is 5.56 Å². The average Bonchev–Trinajstić information content (AvgIpc) is 2.34. The molecule has 0 fully saturated rings. The van der Waals surface area contributed by atoms with Crippen molar-refractivity contribution in [2.75, 3.05) is 6.54 Å². The summed E-state index contributed by atoms with van der Waals surface area (Å²) in [7, 11) is 0. The van der Waals surface area contributed by atoms with E-state index in [1.54, 1.807) is 0 Å². The fraction of sp³-hybridized carbons (Fsp3) is 0.385. The lowest BCUT2D eigenvalue weighted by Crippen LogP contribution is -2.37. The number of nitrogens with one attached hydrogen (secondary N) is 1. The Hall–Kier alpha value is -1.88. The first-order chi connectivity index (χ1) is 8.50. The molecule has 2 atom stereocenters. The maximum Gasteiger partial charge on any atom is 0.346 e. The van der Waals surface area contributed by atoms with Crippen molar-refractivity contribution in [2.45, 2.75) is 26.0 Å². The standard InChI is InChI=1S/C13H17NO4/c1-9(11-6-4-3-5-7-11)14-8-12(13(16)17)18-10(2)15/h3-7,9,12,14H,8H2,1-2H3,(H,16,17)/t9-,12+/m0/s1. The van der Waals surface area contributed by atoms with E-state index in [2.05, 4.69) is 5.32 Å². The first-order valence-corrected chi connectivity index (χ1v) is 5.69. The maximum atomic E-state index is 10.9. The number of benzene rings is 1. The predicted molar refractivity (Wildman–Crippen MR) is 66.0 cm³/mol. The van der Waals surface area contributed by atoms with Crippen LogP contribution in [0, 0.1) is 0 Å². The van der Waals surface area contributed by atoms with Gasteiger partial charge in [-0.05, 0) is 12.5 Å². The number of carbonyl (C=O) groups is 2. The number of aliphatic carboxylic acids is 1. The quantitative estimate of drug-likeness (QED) is 0.746. The Kier molecular flexibility index (Phi) is 5.32. The highest BCUT2D eigenvalue weighted by atomic mass is 16.6. The third kappa shape index (κ3) is 4.55. The summed E-state index contributed by atoms with van der Waals surface area (Å²) in [6.45, 7) is 3.18. The van der Waals surface area contributed by atoms with Crippen molar-refractivity contribution in [1.82, 2.24) is 5.32 Å². The highest BCUT2D eigenvalue weighted by molar-refractivity contribution is 5.77. The van der Waals surface area contributed by atoms with Crippen molar-refractivity contribution in [1.29, 1.82) is 0 Å². The number of carbonyl (C=O) groups excluding carboxylic acids is 1. The summed E-state index contributed by atoms with van der Waals surface area (Å²) in [6, 6.07) is 9.61. The normalized spacial score (nSPS) is 13.7. The second-order valence-electron chi connectivity index (χ2n) is 3.98. The molecule has 0 unspecified atom stereocenters. The summed E-state index contributed by atoms with van der Waals surface area (Å²) in [6.07, 6.45) is -1.16. The number of carboxylic acids is 1. The molecule has 0 aliphatic carbocycles. The van der Waals surface area contributed by atoms with Crippen LogP contribution in [0.25, 0.3) is 0 Å². The van der Waals surface area contributed by atoms with Crippen LogP contribution < -0.4 is 5.32 Å². The van der Waals surface area contributed by atoms with E-state index >= 15 is 0 Å². The zero-order valence-electron chi connectivity index (χ0n) is 10.4. The van der Waals surface area contributed by atoms with Gasteiger partial charge in [-0.15, -0.1) is 0 Å². The molecule has 0 aliphatic heterocycles. The molecular formula is C13H17NO4. The second-order valence-corrected chi connectivity index (χ2v) is 3.98. The van der Waals surface area contributed by atoms with Crippen LogP contribution in [0.5, 0.6) is 0 Å². The van der Waals surface area contributed by atoms with Gasteiger partial charge in [0.25, 0.3) is 0 Å². The monoisotopic (exact) mass is 251 g/mol. The highest BCUT2D eigenvalue weighted by Crippen LogP contribution is 2.11. The third-order valence-corrected chi connectivity index (χ3v) is 2.49. The molecule has 0 heterocycles. The molecule has 98 valence electrons. The Balaban J connectivity index is 2.52. The van der Waals surface area contributed by atoms with Gasteiger partial charge in [-0.25, -0.2) is 4.79 Å². The van der Waals surface area contributed by atoms with E-state index in [4.69, 9.17) is 9.84 Å². The molecule has 5 nitrogen and oxygen atoms in total. The summed E-state index contributed by atoms with van der Waals surface area (Å²) >= 11 is 0. The molecule has 0 aromatic heterocycles. The average molecular weight is 251 g/mol. The van der Waals surface area contributed by atoms with Crippen LogP contribution in [-0.2, 0) is 14.3 Å². The highest BCUT2D eigenvalue weighted by Gasteiger charge is 2.21. The largest absolute Gasteiger partial charge is 0.478 e. The number of carboxylic acid groups (broad SMARTS) is 1. The molecule has 18 heavy (non-hydrogen) atoms. The number of rotatable bonds is 6. The van der Waals surface area contributed by atoms with Gasteiger partial charge in [0.05, 0.1) is 0 Å². The molecule has 0 radical (unpaired) electrons. The van der Waals surface area contributed by atoms with Gasteiger partial charge >= 0.3 is 11.9 Å². The number of ether oxygens (including phenoxy) is 1. The zero-order valence-corrected chi connectivity index (χ0v) is 10.4. The van der Waals surface area contributed by atoms with E-state index < -0.39 is 18.0 Å². The molecule has 2 N–H and O–H groups in total. The van der Waals surface area contributed by atoms with Crippen LogP contribution in [0.4, 0.5) is 0 Å². The summed E-state index contributed by atoms with van der Waals surface area (Å²) in [5.74, 6) is -1.76. The first kappa shape index (κ1) is 14.2. The molecule has 1 rings (SSSR count). The van der Waals surface area contributed by atoms with Gasteiger partial charge in [0.2, 0.25) is 6.10 Å². The van der Waals surface area contributed by atoms with Crippen molar-refractivity contribution in [3.8, 4) is 0 Å². The van der Waals surface area contributed by atoms with E-state index in [0.29, 0.717) is 0 Å². The maximum absolute atomic E-state index is 10.9. The topological polar surface area (TPSA) is 75.6 Å². The van der Waals surface area contributed by atoms with E-state index in [9.17, 15) is 9.59 Å². The van der Waals surface area contributed by atoms with Gasteiger partial charge in [-0.1, -0.05) is 30.3 Å². The van der Waals surface area contributed by atoms with Crippen LogP contribution in [-0.4, -0.2) is 29.7 Å². The van der Waals surface area contributed by atoms with Crippen LogP contribution in [0.15, 0.2) is 30.3 Å². The molecule has 0 aliphatic rings. The second kappa shape index (κ2) is 6.76. The predicted octanol–water partition coefficient (Wildman–Crippen LogP) is 1.35. The Morgan fingerprint density at radius 1 is 1.33 bits per heavy atom. The van der Waals surface area contributed by atoms with Crippen LogP contribution in [0.3, 0.4) is 0 Å². The third-order valence-electron chi connectivity index (χ3n) is 2.49. The fourth-order valence-electron chi connectivity index (χ4n) is 1.52. The SMILES string of the molecule is CC(=O)O[C@H](CN[C@@H](C)c1ccccc1)C(=O)O. The van der Waals surface area contributed by atoms with Crippen molar-refractivity contribution in [2.24, 2.45) is 0 Å². The van der Waals surface area contributed by atoms with Gasteiger partial charge in [0, 0.05) is 19.5 Å². The van der Waals surface area contributed by atoms with Crippen LogP contribution in [0.1, 0.15) is 25.5 Å². The van der Waals surface area contributed by atoms with Gasteiger partial charge in [-0.3, -0.25) is 4.79 Å². The zero-order chi connectivity index (χ0) is 13.5. The number of esters is 1. The number of hydrogen-bond donors (Lipinski definition) is 2. The summed E-state index contributed by atoms with van der Waals surface area (Å²) in [5, 5.41) is 11.9. The minimum absolute atomic E-state index is 0.0105. The molecule has 1 aromatic carbocycles. The molecule has 1 aromatic rings. The summed E-state index contributed by atoms with van der Waals surface area (Å²) in [4.78, 5) is 21.6. The van der Waals surface area contributed by atoms with Crippen molar-refractivity contribution >= 4 is 11.9 Å². The summed E-state index contributed by atoms with van der Waals surface area (Å²) < 4.78 is 4.70. The van der Waals surface area contributed by atoms with Gasteiger partial charge in [-0.2, -0.15) is 0 Å². The minimum atomic E-state index is -1.16. The smallest absolute Gasteiger partial charge is 0.346 e. The lowest BCUT2D eigenvalue weighted by molar-refractivity contribution is -0.162. The Bertz CT molecular complexity index is 405. The van der Waals surface area contributed by atoms with Crippen LogP contribution >= 0.6 is 0 Å². The van der Waals surface area contributed by atoms with Crippen molar-refractivity contribution in [3.63, 3.8) is 0 Å². The van der Waals surface area contributed by atoms with E-state index in [-0.39, 0.29) is 12.6 Å². The van der Waals surface area contributed by atoms with Crippen LogP contribution in [0.2, 0.25) is 0 Å². The van der Waals surface area contributed by atoms with Crippen molar-refractivity contribution < 1.29 is 19.4 Å². The van der Waals surface area contributed by atoms with E-state index in [1.165, 1.54) is 6.92 Å². The Labute approximate surface area is 106 Å². The summed E-state index contributed by atoms with van der Waals surface area (Å²) in [5.41, 5.74) is 1.05. The molecule has 0 bridgehead atoms. The Morgan fingerprint density at radius 3 is 2.44 bits per heavy atom. The molecule has 5 heteroatoms. The first-order valence-electron chi connectivity index (χ1n) is 5.69. The van der Waals surface area contributed by atoms with E-state index in [1.807, 2.05) is 37.3 Å². The molecule has 0 amide bonds. The Morgan fingerprint density at radius 2 is 1.94 bits per heavy atom. The van der Waals surface area contributed by atoms with Gasteiger partial charge in [0.1, 0.15) is 0 Å². The van der Waals surface area contributed by atoms with Crippen molar-refractivity contribution in [3.05, 3.63) is 35.9 Å². The number of hydrogen-bond acceptors (Lipinski definition) is 4. The van der Waals surface area contributed by atoms with Gasteiger partial charge < -0.3 is 15.2 Å². The fourth-order valence-corrected chi connectivity index (χ4v) is 1.52. The molecule has 0 saturated heterocycles. The lowest BCUT2D eigenvalue weighted by Gasteiger charge is -2.18. The molecular weight excluding hydrogens is 234 g/mol. The lowest BCUT2D eigenvalue weighted by atomic mass is 10.1. The minimum Gasteiger partial charge on any atom is -0.478 e. The van der Waals surface area contributed by atoms with Gasteiger partial charge in [0.15, 0.2) is 0 Å².